The summed E-state index contributed by atoms with van der Waals surface area (Å²) < 4.78 is 40.5. The Bertz CT molecular complexity index is 215. The van der Waals surface area contributed by atoms with Gasteiger partial charge in [0.25, 0.3) is 0 Å². The van der Waals surface area contributed by atoms with Crippen molar-refractivity contribution in [3.8, 4) is 0 Å². The van der Waals surface area contributed by atoms with Crippen molar-refractivity contribution in [3.05, 3.63) is 0 Å². The summed E-state index contributed by atoms with van der Waals surface area (Å²) >= 11 is 0. The van der Waals surface area contributed by atoms with Crippen LogP contribution in [0.1, 0.15) is 44.9 Å². The zero-order chi connectivity index (χ0) is 13.4. The van der Waals surface area contributed by atoms with E-state index in [0.717, 1.165) is 18.8 Å². The van der Waals surface area contributed by atoms with Crippen molar-refractivity contribution in [2.45, 2.75) is 57.2 Å². The van der Waals surface area contributed by atoms with Gasteiger partial charge in [0.15, 0.2) is 0 Å². The largest absolute Gasteiger partial charge is 0.411 e. The van der Waals surface area contributed by atoms with Crippen LogP contribution < -0.4 is 5.32 Å². The minimum atomic E-state index is -4.22. The van der Waals surface area contributed by atoms with E-state index < -0.39 is 12.8 Å². The quantitative estimate of drug-likeness (QED) is 0.762. The molecule has 1 aliphatic carbocycles. The minimum absolute atomic E-state index is 0.0364. The van der Waals surface area contributed by atoms with E-state index in [-0.39, 0.29) is 12.6 Å². The molecular formula is C13H24F3NO. The maximum atomic E-state index is 11.9. The normalized spacial score (nSPS) is 20.0. The molecule has 1 rings (SSSR count). The first-order valence-electron chi connectivity index (χ1n) is 6.83. The first-order valence-corrected chi connectivity index (χ1v) is 6.83. The fourth-order valence-corrected chi connectivity index (χ4v) is 2.54. The number of hydrogen-bond acceptors (Lipinski definition) is 2. The second-order valence-corrected chi connectivity index (χ2v) is 5.20. The summed E-state index contributed by atoms with van der Waals surface area (Å²) in [5.74, 6) is 0.761. The topological polar surface area (TPSA) is 21.3 Å². The zero-order valence-electron chi connectivity index (χ0n) is 11.1. The molecular weight excluding hydrogens is 243 g/mol. The van der Waals surface area contributed by atoms with E-state index in [0.29, 0.717) is 0 Å². The summed E-state index contributed by atoms with van der Waals surface area (Å²) in [5.41, 5.74) is 0. The first kappa shape index (κ1) is 15.8. The maximum Gasteiger partial charge on any atom is 0.411 e. The van der Waals surface area contributed by atoms with E-state index in [9.17, 15) is 13.2 Å². The SMILES string of the molecule is CNC(CCC1CCCCC1)COCC(F)(F)F. The van der Waals surface area contributed by atoms with Gasteiger partial charge in [-0.2, -0.15) is 13.2 Å². The number of nitrogens with one attached hydrogen (secondary N) is 1. The highest BCUT2D eigenvalue weighted by Gasteiger charge is 2.27. The summed E-state index contributed by atoms with van der Waals surface area (Å²) in [6.07, 6.45) is 4.28. The monoisotopic (exact) mass is 267 g/mol. The van der Waals surface area contributed by atoms with Gasteiger partial charge in [0, 0.05) is 6.04 Å². The number of rotatable bonds is 7. The summed E-state index contributed by atoms with van der Waals surface area (Å²) in [6.45, 7) is -1.00. The Labute approximate surface area is 107 Å². The highest BCUT2D eigenvalue weighted by molar-refractivity contribution is 4.71. The predicted octanol–water partition coefficient (Wildman–Crippen LogP) is 3.51. The number of halogens is 3. The van der Waals surface area contributed by atoms with Gasteiger partial charge >= 0.3 is 6.18 Å². The Morgan fingerprint density at radius 3 is 2.44 bits per heavy atom. The van der Waals surface area contributed by atoms with Gasteiger partial charge in [-0.05, 0) is 25.8 Å². The molecule has 1 unspecified atom stereocenters. The summed E-state index contributed by atoms with van der Waals surface area (Å²) in [4.78, 5) is 0. The van der Waals surface area contributed by atoms with E-state index in [1.165, 1.54) is 32.1 Å². The molecule has 1 saturated carbocycles. The minimum Gasteiger partial charge on any atom is -0.370 e. The molecule has 2 nitrogen and oxygen atoms in total. The first-order chi connectivity index (χ1) is 8.51. The van der Waals surface area contributed by atoms with Gasteiger partial charge in [-0.25, -0.2) is 0 Å². The third-order valence-corrected chi connectivity index (χ3v) is 3.64. The van der Waals surface area contributed by atoms with Crippen LogP contribution in [-0.4, -0.2) is 32.5 Å². The second-order valence-electron chi connectivity index (χ2n) is 5.20. The van der Waals surface area contributed by atoms with Gasteiger partial charge in [-0.15, -0.1) is 0 Å². The number of hydrogen-bond donors (Lipinski definition) is 1. The molecule has 0 aromatic carbocycles. The zero-order valence-corrected chi connectivity index (χ0v) is 11.1. The molecule has 0 amide bonds. The molecule has 18 heavy (non-hydrogen) atoms. The van der Waals surface area contributed by atoms with Gasteiger partial charge in [-0.3, -0.25) is 0 Å². The molecule has 0 heterocycles. The van der Waals surface area contributed by atoms with Crippen LogP contribution in [0, 0.1) is 5.92 Å². The van der Waals surface area contributed by atoms with Crippen molar-refractivity contribution < 1.29 is 17.9 Å². The third-order valence-electron chi connectivity index (χ3n) is 3.64. The molecule has 1 atom stereocenters. The van der Waals surface area contributed by atoms with Crippen LogP contribution >= 0.6 is 0 Å². The maximum absolute atomic E-state index is 11.9. The lowest BCUT2D eigenvalue weighted by Crippen LogP contribution is -2.32. The Balaban J connectivity index is 2.12. The lowest BCUT2D eigenvalue weighted by atomic mass is 9.85. The van der Waals surface area contributed by atoms with E-state index in [1.54, 1.807) is 7.05 Å². The molecule has 5 heteroatoms. The molecule has 1 N–H and O–H groups in total. The summed E-state index contributed by atoms with van der Waals surface area (Å²) in [7, 11) is 1.78. The van der Waals surface area contributed by atoms with Crippen molar-refractivity contribution in [3.63, 3.8) is 0 Å². The number of alkyl halides is 3. The second kappa shape index (κ2) is 8.00. The van der Waals surface area contributed by atoms with Gasteiger partial charge < -0.3 is 10.1 Å². The number of ether oxygens (including phenoxy) is 1. The van der Waals surface area contributed by atoms with Crippen molar-refractivity contribution in [1.29, 1.82) is 0 Å². The van der Waals surface area contributed by atoms with Crippen LogP contribution in [-0.2, 0) is 4.74 Å². The van der Waals surface area contributed by atoms with Gasteiger partial charge in [0.2, 0.25) is 0 Å². The van der Waals surface area contributed by atoms with E-state index in [2.05, 4.69) is 5.32 Å². The molecule has 0 aromatic heterocycles. The predicted molar refractivity (Wildman–Crippen MR) is 65.5 cm³/mol. The van der Waals surface area contributed by atoms with Crippen LogP contribution in [0.2, 0.25) is 0 Å². The lowest BCUT2D eigenvalue weighted by Gasteiger charge is -2.24. The van der Waals surface area contributed by atoms with Crippen LogP contribution in [0.5, 0.6) is 0 Å². The molecule has 1 fully saturated rings. The molecule has 0 radical (unpaired) electrons. The summed E-state index contributed by atoms with van der Waals surface area (Å²) in [6, 6.07) is 0.0364. The van der Waals surface area contributed by atoms with Gasteiger partial charge in [0.1, 0.15) is 6.61 Å². The van der Waals surface area contributed by atoms with Crippen LogP contribution in [0.25, 0.3) is 0 Å². The lowest BCUT2D eigenvalue weighted by molar-refractivity contribution is -0.175. The molecule has 0 aromatic rings. The standard InChI is InChI=1S/C13H24F3NO/c1-17-12(9-18-10-13(14,15)16)8-7-11-5-3-2-4-6-11/h11-12,17H,2-10H2,1H3. The Morgan fingerprint density at radius 1 is 1.22 bits per heavy atom. The Kier molecular flexibility index (Phi) is 7.00. The molecule has 0 bridgehead atoms. The molecule has 0 aliphatic heterocycles. The van der Waals surface area contributed by atoms with E-state index in [1.807, 2.05) is 0 Å². The van der Waals surface area contributed by atoms with E-state index in [4.69, 9.17) is 4.74 Å². The number of likely N-dealkylation sites (N-methyl/N-ethyl adjacent to an activating group) is 1. The van der Waals surface area contributed by atoms with Crippen LogP contribution in [0.15, 0.2) is 0 Å². The average molecular weight is 267 g/mol. The molecule has 0 saturated heterocycles. The van der Waals surface area contributed by atoms with Crippen LogP contribution in [0.3, 0.4) is 0 Å². The molecule has 108 valence electrons. The van der Waals surface area contributed by atoms with Gasteiger partial charge in [0.05, 0.1) is 6.61 Å². The summed E-state index contributed by atoms with van der Waals surface area (Å²) in [5, 5.41) is 3.04. The highest BCUT2D eigenvalue weighted by atomic mass is 19.4. The Hall–Kier alpha value is -0.290. The fourth-order valence-electron chi connectivity index (χ4n) is 2.54. The third kappa shape index (κ3) is 7.21. The van der Waals surface area contributed by atoms with Gasteiger partial charge in [-0.1, -0.05) is 32.1 Å². The van der Waals surface area contributed by atoms with Crippen molar-refractivity contribution in [2.75, 3.05) is 20.3 Å². The highest BCUT2D eigenvalue weighted by Crippen LogP contribution is 2.27. The average Bonchev–Trinajstić information content (AvgIpc) is 2.33. The van der Waals surface area contributed by atoms with Crippen molar-refractivity contribution in [1.82, 2.24) is 5.32 Å². The van der Waals surface area contributed by atoms with Crippen molar-refractivity contribution >= 4 is 0 Å². The smallest absolute Gasteiger partial charge is 0.370 e. The van der Waals surface area contributed by atoms with Crippen LogP contribution in [0.4, 0.5) is 13.2 Å². The van der Waals surface area contributed by atoms with Crippen molar-refractivity contribution in [2.24, 2.45) is 5.92 Å². The molecule has 0 spiro atoms. The Morgan fingerprint density at radius 2 is 1.89 bits per heavy atom. The molecule has 1 aliphatic rings. The fraction of sp³-hybridized carbons (Fsp3) is 1.00. The van der Waals surface area contributed by atoms with E-state index >= 15 is 0 Å².